The van der Waals surface area contributed by atoms with Crippen LogP contribution in [0.15, 0.2) is 36.7 Å². The van der Waals surface area contributed by atoms with E-state index in [9.17, 15) is 18.0 Å². The predicted molar refractivity (Wildman–Crippen MR) is 79.6 cm³/mol. The zero-order valence-electron chi connectivity index (χ0n) is 12.7. The number of carbonyl (C=O) groups excluding carboxylic acids is 1. The Balaban J connectivity index is 1.59. The van der Waals surface area contributed by atoms with Crippen LogP contribution in [0.2, 0.25) is 0 Å². The first-order valence-corrected chi connectivity index (χ1v) is 7.56. The van der Waals surface area contributed by atoms with Gasteiger partial charge in [-0.05, 0) is 48.6 Å². The van der Waals surface area contributed by atoms with E-state index < -0.39 is 6.36 Å². The third kappa shape index (κ3) is 3.87. The van der Waals surface area contributed by atoms with E-state index in [1.807, 2.05) is 6.20 Å². The van der Waals surface area contributed by atoms with Crippen LogP contribution >= 0.6 is 0 Å². The average Bonchev–Trinajstić information content (AvgIpc) is 3.08. The molecule has 0 atom stereocenters. The summed E-state index contributed by atoms with van der Waals surface area (Å²) in [6.07, 6.45) is 0.588. The number of likely N-dealkylation sites (tertiary alicyclic amines) is 1. The normalized spacial score (nSPS) is 16.2. The van der Waals surface area contributed by atoms with Crippen LogP contribution in [0.5, 0.6) is 5.75 Å². The highest BCUT2D eigenvalue weighted by atomic mass is 19.4. The van der Waals surface area contributed by atoms with Gasteiger partial charge in [0.25, 0.3) is 5.91 Å². The van der Waals surface area contributed by atoms with Gasteiger partial charge in [0.1, 0.15) is 5.75 Å². The molecule has 3 rings (SSSR count). The lowest BCUT2D eigenvalue weighted by molar-refractivity contribution is -0.274. The fourth-order valence-electron chi connectivity index (χ4n) is 2.88. The topological polar surface area (TPSA) is 58.2 Å². The summed E-state index contributed by atoms with van der Waals surface area (Å²) in [6, 6.07) is 5.01. The summed E-state index contributed by atoms with van der Waals surface area (Å²) in [5.74, 6) is -0.146. The number of H-pyrrole nitrogens is 1. The summed E-state index contributed by atoms with van der Waals surface area (Å²) in [5, 5.41) is 6.72. The number of hydrogen-bond acceptors (Lipinski definition) is 3. The molecule has 0 aliphatic carbocycles. The molecule has 0 unspecified atom stereocenters. The zero-order chi connectivity index (χ0) is 17.2. The van der Waals surface area contributed by atoms with Crippen LogP contribution in [0.3, 0.4) is 0 Å². The van der Waals surface area contributed by atoms with Gasteiger partial charge in [0.15, 0.2) is 0 Å². The quantitative estimate of drug-likeness (QED) is 0.933. The third-order valence-electron chi connectivity index (χ3n) is 4.11. The van der Waals surface area contributed by atoms with Gasteiger partial charge in [-0.3, -0.25) is 9.89 Å². The number of benzene rings is 1. The third-order valence-corrected chi connectivity index (χ3v) is 4.11. The largest absolute Gasteiger partial charge is 0.573 e. The minimum Gasteiger partial charge on any atom is -0.406 e. The van der Waals surface area contributed by atoms with Crippen LogP contribution in [-0.2, 0) is 0 Å². The maximum Gasteiger partial charge on any atom is 0.573 e. The van der Waals surface area contributed by atoms with Crippen molar-refractivity contribution in [3.05, 3.63) is 47.8 Å². The van der Waals surface area contributed by atoms with Crippen LogP contribution in [0.25, 0.3) is 0 Å². The number of rotatable bonds is 3. The fraction of sp³-hybridized carbons (Fsp3) is 0.375. The molecule has 5 nitrogen and oxygen atoms in total. The van der Waals surface area contributed by atoms with E-state index in [-0.39, 0.29) is 11.7 Å². The number of aromatic amines is 1. The Kier molecular flexibility index (Phi) is 4.46. The molecule has 128 valence electrons. The maximum absolute atomic E-state index is 12.4. The molecule has 1 fully saturated rings. The molecule has 0 radical (unpaired) electrons. The van der Waals surface area contributed by atoms with Gasteiger partial charge in [-0.15, -0.1) is 13.2 Å². The van der Waals surface area contributed by atoms with Gasteiger partial charge in [0.2, 0.25) is 0 Å². The van der Waals surface area contributed by atoms with Gasteiger partial charge in [-0.25, -0.2) is 0 Å². The number of piperidine rings is 1. The molecule has 24 heavy (non-hydrogen) atoms. The summed E-state index contributed by atoms with van der Waals surface area (Å²) in [7, 11) is 0. The lowest BCUT2D eigenvalue weighted by Crippen LogP contribution is -2.37. The Morgan fingerprint density at radius 3 is 2.42 bits per heavy atom. The van der Waals surface area contributed by atoms with Crippen molar-refractivity contribution < 1.29 is 22.7 Å². The monoisotopic (exact) mass is 339 g/mol. The molecule has 1 amide bonds. The number of alkyl halides is 3. The smallest absolute Gasteiger partial charge is 0.406 e. The lowest BCUT2D eigenvalue weighted by atomic mass is 9.91. The minimum absolute atomic E-state index is 0.181. The summed E-state index contributed by atoms with van der Waals surface area (Å²) >= 11 is 0. The first-order chi connectivity index (χ1) is 11.4. The van der Waals surface area contributed by atoms with Crippen LogP contribution in [0, 0.1) is 0 Å². The van der Waals surface area contributed by atoms with E-state index in [4.69, 9.17) is 0 Å². The first-order valence-electron chi connectivity index (χ1n) is 7.56. The molecule has 2 aromatic rings. The Morgan fingerprint density at radius 2 is 1.88 bits per heavy atom. The second kappa shape index (κ2) is 6.54. The molecular weight excluding hydrogens is 323 g/mol. The maximum atomic E-state index is 12.4. The highest BCUT2D eigenvalue weighted by molar-refractivity contribution is 5.94. The SMILES string of the molecule is O=C(c1ccc(OC(F)(F)F)cc1)N1CCC(c2cn[nH]c2)CC1. The van der Waals surface area contributed by atoms with Crippen molar-refractivity contribution in [1.82, 2.24) is 15.1 Å². The molecule has 1 aliphatic rings. The van der Waals surface area contributed by atoms with Gasteiger partial charge >= 0.3 is 6.36 Å². The van der Waals surface area contributed by atoms with Crippen LogP contribution in [-0.4, -0.2) is 40.5 Å². The van der Waals surface area contributed by atoms with E-state index >= 15 is 0 Å². The highest BCUT2D eigenvalue weighted by Gasteiger charge is 2.31. The van der Waals surface area contributed by atoms with Crippen LogP contribution in [0.1, 0.15) is 34.7 Å². The van der Waals surface area contributed by atoms with Crippen molar-refractivity contribution in [3.63, 3.8) is 0 Å². The second-order valence-electron chi connectivity index (χ2n) is 5.67. The molecule has 1 N–H and O–H groups in total. The molecule has 2 heterocycles. The Bertz CT molecular complexity index is 676. The number of hydrogen-bond donors (Lipinski definition) is 1. The molecule has 0 saturated carbocycles. The molecule has 1 aromatic carbocycles. The molecule has 1 aliphatic heterocycles. The number of nitrogens with zero attached hydrogens (tertiary/aromatic N) is 2. The van der Waals surface area contributed by atoms with Crippen molar-refractivity contribution in [2.75, 3.05) is 13.1 Å². The van der Waals surface area contributed by atoms with Gasteiger partial charge < -0.3 is 9.64 Å². The van der Waals surface area contributed by atoms with Gasteiger partial charge in [-0.1, -0.05) is 0 Å². The number of amides is 1. The molecule has 1 saturated heterocycles. The van der Waals surface area contributed by atoms with E-state index in [0.717, 1.165) is 30.5 Å². The first kappa shape index (κ1) is 16.4. The van der Waals surface area contributed by atoms with E-state index in [1.54, 1.807) is 11.1 Å². The lowest BCUT2D eigenvalue weighted by Gasteiger charge is -2.31. The molecular formula is C16H16F3N3O2. The van der Waals surface area contributed by atoms with Gasteiger partial charge in [0, 0.05) is 24.8 Å². The number of nitrogens with one attached hydrogen (secondary N) is 1. The minimum atomic E-state index is -4.74. The fourth-order valence-corrected chi connectivity index (χ4v) is 2.88. The summed E-state index contributed by atoms with van der Waals surface area (Å²) in [5.41, 5.74) is 1.49. The average molecular weight is 339 g/mol. The van der Waals surface area contributed by atoms with Crippen LogP contribution in [0.4, 0.5) is 13.2 Å². The van der Waals surface area contributed by atoms with Crippen molar-refractivity contribution in [2.24, 2.45) is 0 Å². The number of ether oxygens (including phenoxy) is 1. The van der Waals surface area contributed by atoms with Crippen molar-refractivity contribution >= 4 is 5.91 Å². The van der Waals surface area contributed by atoms with E-state index in [1.165, 1.54) is 12.1 Å². The molecule has 0 spiro atoms. The van der Waals surface area contributed by atoms with Crippen molar-refractivity contribution in [2.45, 2.75) is 25.1 Å². The summed E-state index contributed by atoms with van der Waals surface area (Å²) in [6.45, 7) is 1.21. The predicted octanol–water partition coefficient (Wildman–Crippen LogP) is 3.33. The molecule has 1 aromatic heterocycles. The standard InChI is InChI=1S/C16H16F3N3O2/c17-16(18,19)24-14-3-1-12(2-4-14)15(23)22-7-5-11(6-8-22)13-9-20-21-10-13/h1-4,9-11H,5-8H2,(H,20,21). The van der Waals surface area contributed by atoms with Crippen LogP contribution < -0.4 is 4.74 Å². The number of halogens is 3. The second-order valence-corrected chi connectivity index (χ2v) is 5.67. The molecule has 0 bridgehead atoms. The Hall–Kier alpha value is -2.51. The Labute approximate surface area is 136 Å². The Morgan fingerprint density at radius 1 is 1.21 bits per heavy atom. The van der Waals surface area contributed by atoms with Gasteiger partial charge in [-0.2, -0.15) is 5.10 Å². The summed E-state index contributed by atoms with van der Waals surface area (Å²) in [4.78, 5) is 14.2. The van der Waals surface area contributed by atoms with Crippen molar-refractivity contribution in [1.29, 1.82) is 0 Å². The zero-order valence-corrected chi connectivity index (χ0v) is 12.7. The number of carbonyl (C=O) groups is 1. The van der Waals surface area contributed by atoms with E-state index in [2.05, 4.69) is 14.9 Å². The van der Waals surface area contributed by atoms with Crippen molar-refractivity contribution in [3.8, 4) is 5.75 Å². The highest BCUT2D eigenvalue weighted by Crippen LogP contribution is 2.28. The van der Waals surface area contributed by atoms with E-state index in [0.29, 0.717) is 24.6 Å². The summed E-state index contributed by atoms with van der Waals surface area (Å²) < 4.78 is 40.2. The number of aromatic nitrogens is 2. The van der Waals surface area contributed by atoms with Gasteiger partial charge in [0.05, 0.1) is 6.20 Å². The molecule has 8 heteroatoms.